The molecule has 3 aromatic heterocycles. The normalized spacial score (nSPS) is 16.0. The van der Waals surface area contributed by atoms with Crippen LogP contribution in [0.4, 0.5) is 0 Å². The Kier molecular flexibility index (Phi) is 6.13. The average Bonchev–Trinajstić information content (AvgIpc) is 3.38. The van der Waals surface area contributed by atoms with Crippen molar-refractivity contribution >= 4 is 22.5 Å². The molecule has 4 aromatic rings. The predicted molar refractivity (Wildman–Crippen MR) is 139 cm³/mol. The van der Waals surface area contributed by atoms with Gasteiger partial charge < -0.3 is 15.0 Å². The lowest BCUT2D eigenvalue weighted by molar-refractivity contribution is -0.134. The van der Waals surface area contributed by atoms with Crippen LogP contribution in [0.25, 0.3) is 27.8 Å². The Balaban J connectivity index is 1.48. The number of aliphatic hydroxyl groups excluding tert-OH is 1. The van der Waals surface area contributed by atoms with Crippen LogP contribution in [0.3, 0.4) is 0 Å². The highest BCUT2D eigenvalue weighted by Gasteiger charge is 2.25. The first-order valence-electron chi connectivity index (χ1n) is 12.7. The number of likely N-dealkylation sites (tertiary alicyclic amines) is 1. The summed E-state index contributed by atoms with van der Waals surface area (Å²) in [5.74, 6) is 1.61. The minimum Gasteiger partial charge on any atom is -0.393 e. The van der Waals surface area contributed by atoms with Crippen LogP contribution in [0.1, 0.15) is 74.4 Å². The van der Waals surface area contributed by atoms with Crippen LogP contribution in [-0.2, 0) is 4.79 Å². The Bertz CT molecular complexity index is 1390. The molecule has 0 saturated carbocycles. The van der Waals surface area contributed by atoms with Crippen LogP contribution in [0, 0.1) is 13.8 Å². The van der Waals surface area contributed by atoms with E-state index in [4.69, 9.17) is 0 Å². The molecule has 1 unspecified atom stereocenters. The van der Waals surface area contributed by atoms with Crippen molar-refractivity contribution in [1.29, 1.82) is 0 Å². The van der Waals surface area contributed by atoms with Gasteiger partial charge in [0.05, 0.1) is 18.2 Å². The van der Waals surface area contributed by atoms with E-state index < -0.39 is 6.10 Å². The fourth-order valence-electron chi connectivity index (χ4n) is 5.55. The van der Waals surface area contributed by atoms with Crippen molar-refractivity contribution in [3.8, 4) is 11.3 Å². The Morgan fingerprint density at radius 3 is 2.60 bits per heavy atom. The standard InChI is InChI=1S/C28H35N5O2/c1-16(2)26-23-14-21(20-8-10-32(11-9-20)25(35)13-18(4)34)6-7-24(23)30-27(26)22-12-17(3)28-29-19(5)31-33(28)15-22/h6-7,12,14-16,18,20,30,34H,8-11,13H2,1-5H3. The minimum absolute atomic E-state index is 0.0566. The molecule has 5 rings (SSSR count). The average molecular weight is 474 g/mol. The third-order valence-electron chi connectivity index (χ3n) is 7.24. The van der Waals surface area contributed by atoms with Gasteiger partial charge in [-0.2, -0.15) is 5.10 Å². The van der Waals surface area contributed by atoms with Crippen molar-refractivity contribution in [3.05, 3.63) is 53.0 Å². The van der Waals surface area contributed by atoms with Crippen molar-refractivity contribution < 1.29 is 9.90 Å². The summed E-state index contributed by atoms with van der Waals surface area (Å²) in [6, 6.07) is 8.99. The molecule has 0 spiro atoms. The molecular weight excluding hydrogens is 438 g/mol. The van der Waals surface area contributed by atoms with Gasteiger partial charge in [0.25, 0.3) is 0 Å². The van der Waals surface area contributed by atoms with E-state index in [1.54, 1.807) is 6.92 Å². The van der Waals surface area contributed by atoms with Crippen LogP contribution < -0.4 is 0 Å². The maximum atomic E-state index is 12.3. The maximum absolute atomic E-state index is 12.3. The number of amides is 1. The summed E-state index contributed by atoms with van der Waals surface area (Å²) in [7, 11) is 0. The molecule has 0 radical (unpaired) electrons. The number of fused-ring (bicyclic) bond motifs is 2. The Morgan fingerprint density at radius 1 is 1.17 bits per heavy atom. The van der Waals surface area contributed by atoms with Gasteiger partial charge in [0.1, 0.15) is 5.82 Å². The summed E-state index contributed by atoms with van der Waals surface area (Å²) in [6.07, 6.45) is 3.59. The van der Waals surface area contributed by atoms with Crippen LogP contribution in [0.2, 0.25) is 0 Å². The second-order valence-corrected chi connectivity index (χ2v) is 10.4. The highest BCUT2D eigenvalue weighted by molar-refractivity contribution is 5.92. The summed E-state index contributed by atoms with van der Waals surface area (Å²) in [4.78, 5) is 22.5. The van der Waals surface area contributed by atoms with Gasteiger partial charge in [-0.25, -0.2) is 9.50 Å². The number of rotatable bonds is 5. The van der Waals surface area contributed by atoms with E-state index in [0.717, 1.165) is 59.7 Å². The largest absolute Gasteiger partial charge is 0.393 e. The van der Waals surface area contributed by atoms with Crippen LogP contribution in [0.15, 0.2) is 30.5 Å². The number of H-pyrrole nitrogens is 1. The van der Waals surface area contributed by atoms with E-state index >= 15 is 0 Å². The van der Waals surface area contributed by atoms with E-state index in [9.17, 15) is 9.90 Å². The molecule has 1 aliphatic rings. The number of aromatic amines is 1. The zero-order valence-corrected chi connectivity index (χ0v) is 21.3. The number of carbonyl (C=O) groups is 1. The number of carbonyl (C=O) groups excluding carboxylic acids is 1. The number of aryl methyl sites for hydroxylation is 2. The van der Waals surface area contributed by atoms with Crippen molar-refractivity contribution in [2.75, 3.05) is 13.1 Å². The summed E-state index contributed by atoms with van der Waals surface area (Å²) in [6.45, 7) is 11.7. The highest BCUT2D eigenvalue weighted by atomic mass is 16.3. The number of nitrogens with one attached hydrogen (secondary N) is 1. The van der Waals surface area contributed by atoms with Gasteiger partial charge in [0, 0.05) is 35.8 Å². The van der Waals surface area contributed by atoms with Crippen LogP contribution >= 0.6 is 0 Å². The molecule has 1 saturated heterocycles. The third kappa shape index (κ3) is 4.45. The van der Waals surface area contributed by atoms with Gasteiger partial charge in [0.15, 0.2) is 5.65 Å². The number of benzene rings is 1. The molecule has 7 heteroatoms. The zero-order valence-electron chi connectivity index (χ0n) is 21.3. The number of hydrogen-bond acceptors (Lipinski definition) is 4. The molecule has 7 nitrogen and oxygen atoms in total. The molecular formula is C28H35N5O2. The van der Waals surface area contributed by atoms with Crippen molar-refractivity contribution in [2.24, 2.45) is 0 Å². The van der Waals surface area contributed by atoms with Crippen molar-refractivity contribution in [2.45, 2.75) is 71.8 Å². The topological polar surface area (TPSA) is 86.5 Å². The predicted octanol–water partition coefficient (Wildman–Crippen LogP) is 5.09. The van der Waals surface area contributed by atoms with E-state index in [-0.39, 0.29) is 12.3 Å². The first-order chi connectivity index (χ1) is 16.7. The second-order valence-electron chi connectivity index (χ2n) is 10.4. The van der Waals surface area contributed by atoms with Gasteiger partial charge in [-0.3, -0.25) is 4.79 Å². The Morgan fingerprint density at radius 2 is 1.91 bits per heavy atom. The number of hydrogen-bond donors (Lipinski definition) is 2. The minimum atomic E-state index is -0.585. The molecule has 1 aliphatic heterocycles. The lowest BCUT2D eigenvalue weighted by Gasteiger charge is -2.32. The molecule has 1 aromatic carbocycles. The van der Waals surface area contributed by atoms with Gasteiger partial charge in [-0.15, -0.1) is 0 Å². The SMILES string of the molecule is Cc1nc2c(C)cc(-c3[nH]c4ccc(C5CCN(C(=O)CC(C)O)CC5)cc4c3C(C)C)cn2n1. The van der Waals surface area contributed by atoms with E-state index in [1.807, 2.05) is 16.3 Å². The van der Waals surface area contributed by atoms with E-state index in [0.29, 0.717) is 11.8 Å². The number of aliphatic hydroxyl groups is 1. The molecule has 184 valence electrons. The van der Waals surface area contributed by atoms with Gasteiger partial charge in [0.2, 0.25) is 5.91 Å². The first-order valence-corrected chi connectivity index (χ1v) is 12.7. The molecule has 1 fully saturated rings. The van der Waals surface area contributed by atoms with Gasteiger partial charge in [-0.05, 0) is 80.3 Å². The fourth-order valence-corrected chi connectivity index (χ4v) is 5.55. The van der Waals surface area contributed by atoms with Crippen LogP contribution in [-0.4, -0.2) is 54.7 Å². The quantitative estimate of drug-likeness (QED) is 0.422. The number of aromatic nitrogens is 4. The molecule has 1 atom stereocenters. The zero-order chi connectivity index (χ0) is 24.9. The van der Waals surface area contributed by atoms with E-state index in [2.05, 4.69) is 66.3 Å². The van der Waals surface area contributed by atoms with Gasteiger partial charge >= 0.3 is 0 Å². The number of pyridine rings is 1. The van der Waals surface area contributed by atoms with Crippen LogP contribution in [0.5, 0.6) is 0 Å². The lowest BCUT2D eigenvalue weighted by atomic mass is 9.87. The summed E-state index contributed by atoms with van der Waals surface area (Å²) < 4.78 is 1.88. The third-order valence-corrected chi connectivity index (χ3v) is 7.24. The first kappa shape index (κ1) is 23.5. The summed E-state index contributed by atoms with van der Waals surface area (Å²) >= 11 is 0. The molecule has 2 N–H and O–H groups in total. The number of piperidine rings is 1. The summed E-state index contributed by atoms with van der Waals surface area (Å²) in [5.41, 5.74) is 8.07. The second kappa shape index (κ2) is 9.11. The Labute approximate surface area is 206 Å². The fraction of sp³-hybridized carbons (Fsp3) is 0.464. The monoisotopic (exact) mass is 473 g/mol. The molecule has 0 bridgehead atoms. The molecule has 1 amide bonds. The molecule has 35 heavy (non-hydrogen) atoms. The molecule has 4 heterocycles. The number of nitrogens with zero attached hydrogens (tertiary/aromatic N) is 4. The van der Waals surface area contributed by atoms with Crippen molar-refractivity contribution in [1.82, 2.24) is 24.5 Å². The maximum Gasteiger partial charge on any atom is 0.225 e. The van der Waals surface area contributed by atoms with E-state index in [1.165, 1.54) is 16.5 Å². The Hall–Kier alpha value is -3.19. The molecule has 0 aliphatic carbocycles. The smallest absolute Gasteiger partial charge is 0.225 e. The van der Waals surface area contributed by atoms with Crippen molar-refractivity contribution in [3.63, 3.8) is 0 Å². The lowest BCUT2D eigenvalue weighted by Crippen LogP contribution is -2.39. The highest BCUT2D eigenvalue weighted by Crippen LogP contribution is 2.38. The summed E-state index contributed by atoms with van der Waals surface area (Å²) in [5, 5.41) is 15.4. The van der Waals surface area contributed by atoms with Gasteiger partial charge in [-0.1, -0.05) is 19.9 Å².